The Labute approximate surface area is 112 Å². The number of anilines is 1. The fourth-order valence-corrected chi connectivity index (χ4v) is 1.96. The lowest BCUT2D eigenvalue weighted by Crippen LogP contribution is -2.38. The quantitative estimate of drug-likeness (QED) is 0.745. The average Bonchev–Trinajstić information content (AvgIpc) is 3.14. The van der Waals surface area contributed by atoms with Crippen LogP contribution in [0.4, 0.5) is 5.69 Å². The molecule has 19 heavy (non-hydrogen) atoms. The highest BCUT2D eigenvalue weighted by atomic mass is 16.2. The molecule has 1 fully saturated rings. The van der Waals surface area contributed by atoms with E-state index in [1.54, 1.807) is 12.1 Å². The van der Waals surface area contributed by atoms with Crippen molar-refractivity contribution >= 4 is 17.5 Å². The molecule has 0 heterocycles. The predicted molar refractivity (Wildman–Crippen MR) is 72.8 cm³/mol. The van der Waals surface area contributed by atoms with E-state index in [-0.39, 0.29) is 12.5 Å². The smallest absolute Gasteiger partial charge is 0.237 e. The summed E-state index contributed by atoms with van der Waals surface area (Å²) in [4.78, 5) is 24.7. The van der Waals surface area contributed by atoms with E-state index in [4.69, 9.17) is 11.5 Å². The molecule has 0 spiro atoms. The fourth-order valence-electron chi connectivity index (χ4n) is 1.96. The van der Waals surface area contributed by atoms with Crippen molar-refractivity contribution in [2.45, 2.75) is 25.8 Å². The molecular weight excluding hydrogens is 242 g/mol. The van der Waals surface area contributed by atoms with Crippen LogP contribution in [0.3, 0.4) is 0 Å². The molecule has 0 bridgehead atoms. The summed E-state index contributed by atoms with van der Waals surface area (Å²) in [5.74, 6) is 0.00649. The second-order valence-electron chi connectivity index (χ2n) is 5.11. The maximum atomic E-state index is 12.1. The molecule has 102 valence electrons. The zero-order chi connectivity index (χ0) is 13.8. The number of carbonyl (C=O) groups excluding carboxylic acids is 2. The second kappa shape index (κ2) is 5.73. The first-order chi connectivity index (χ1) is 9.04. The van der Waals surface area contributed by atoms with Crippen LogP contribution in [-0.4, -0.2) is 23.3 Å². The standard InChI is InChI=1S/C14H19N3O2/c15-12-5-3-11(4-6-12)8-17(9-13(16)18)14(19)7-10-1-2-10/h3-6,10H,1-2,7-9,15H2,(H2,16,18). The van der Waals surface area contributed by atoms with Crippen molar-refractivity contribution in [1.29, 1.82) is 0 Å². The molecule has 2 rings (SSSR count). The molecule has 5 heteroatoms. The molecule has 5 nitrogen and oxygen atoms in total. The molecule has 0 saturated heterocycles. The third-order valence-corrected chi connectivity index (χ3v) is 3.21. The monoisotopic (exact) mass is 261 g/mol. The van der Waals surface area contributed by atoms with Crippen molar-refractivity contribution in [3.8, 4) is 0 Å². The van der Waals surface area contributed by atoms with Crippen molar-refractivity contribution in [1.82, 2.24) is 4.90 Å². The first-order valence-corrected chi connectivity index (χ1v) is 6.45. The minimum Gasteiger partial charge on any atom is -0.399 e. The summed E-state index contributed by atoms with van der Waals surface area (Å²) in [6, 6.07) is 7.27. The van der Waals surface area contributed by atoms with Gasteiger partial charge in [-0.05, 0) is 36.5 Å². The maximum absolute atomic E-state index is 12.1. The van der Waals surface area contributed by atoms with Crippen molar-refractivity contribution < 1.29 is 9.59 Å². The number of benzene rings is 1. The molecule has 1 aromatic rings. The number of hydrogen-bond acceptors (Lipinski definition) is 3. The highest BCUT2D eigenvalue weighted by molar-refractivity contribution is 5.84. The van der Waals surface area contributed by atoms with Crippen molar-refractivity contribution in [3.63, 3.8) is 0 Å². The average molecular weight is 261 g/mol. The Balaban J connectivity index is 2.01. The molecule has 0 aromatic heterocycles. The summed E-state index contributed by atoms with van der Waals surface area (Å²) in [6.07, 6.45) is 2.73. The molecule has 0 atom stereocenters. The molecule has 1 aliphatic rings. The summed E-state index contributed by atoms with van der Waals surface area (Å²) in [5, 5.41) is 0. The van der Waals surface area contributed by atoms with E-state index in [2.05, 4.69) is 0 Å². The SMILES string of the molecule is NC(=O)CN(Cc1ccc(N)cc1)C(=O)CC1CC1. The summed E-state index contributed by atoms with van der Waals surface area (Å²) >= 11 is 0. The van der Waals surface area contributed by atoms with E-state index in [0.717, 1.165) is 18.4 Å². The second-order valence-corrected chi connectivity index (χ2v) is 5.11. The van der Waals surface area contributed by atoms with Gasteiger partial charge in [-0.1, -0.05) is 12.1 Å². The highest BCUT2D eigenvalue weighted by Gasteiger charge is 2.27. The van der Waals surface area contributed by atoms with E-state index in [1.165, 1.54) is 4.90 Å². The van der Waals surface area contributed by atoms with Gasteiger partial charge in [0.1, 0.15) is 0 Å². The van der Waals surface area contributed by atoms with Gasteiger partial charge in [-0.2, -0.15) is 0 Å². The third-order valence-electron chi connectivity index (χ3n) is 3.21. The van der Waals surface area contributed by atoms with Gasteiger partial charge in [-0.25, -0.2) is 0 Å². The topological polar surface area (TPSA) is 89.4 Å². The van der Waals surface area contributed by atoms with Gasteiger partial charge in [0.25, 0.3) is 0 Å². The zero-order valence-electron chi connectivity index (χ0n) is 10.8. The van der Waals surface area contributed by atoms with E-state index in [9.17, 15) is 9.59 Å². The van der Waals surface area contributed by atoms with Crippen molar-refractivity contribution in [3.05, 3.63) is 29.8 Å². The molecule has 0 unspecified atom stereocenters. The lowest BCUT2D eigenvalue weighted by atomic mass is 10.1. The number of nitrogens with zero attached hydrogens (tertiary/aromatic N) is 1. The zero-order valence-corrected chi connectivity index (χ0v) is 10.8. The van der Waals surface area contributed by atoms with Crippen LogP contribution in [0.25, 0.3) is 0 Å². The van der Waals surface area contributed by atoms with Gasteiger partial charge >= 0.3 is 0 Å². The van der Waals surface area contributed by atoms with Crippen molar-refractivity contribution in [2.75, 3.05) is 12.3 Å². The van der Waals surface area contributed by atoms with Crippen LogP contribution in [0.1, 0.15) is 24.8 Å². The van der Waals surface area contributed by atoms with Gasteiger partial charge in [0.05, 0.1) is 6.54 Å². The van der Waals surface area contributed by atoms with Crippen LogP contribution in [0.15, 0.2) is 24.3 Å². The number of nitrogens with two attached hydrogens (primary N) is 2. The minimum atomic E-state index is -0.486. The minimum absolute atomic E-state index is 0.00174. The molecule has 1 aromatic carbocycles. The van der Waals surface area contributed by atoms with Gasteiger partial charge in [0.15, 0.2) is 0 Å². The van der Waals surface area contributed by atoms with E-state index in [1.807, 2.05) is 12.1 Å². The number of amides is 2. The van der Waals surface area contributed by atoms with Crippen molar-refractivity contribution in [2.24, 2.45) is 11.7 Å². The third kappa shape index (κ3) is 4.28. The van der Waals surface area contributed by atoms with Crippen LogP contribution in [-0.2, 0) is 16.1 Å². The maximum Gasteiger partial charge on any atom is 0.237 e. The number of carbonyl (C=O) groups is 2. The predicted octanol–water partition coefficient (Wildman–Crippen LogP) is 0.883. The Morgan fingerprint density at radius 1 is 1.21 bits per heavy atom. The number of rotatable bonds is 6. The number of nitrogen functional groups attached to an aromatic ring is 1. The molecule has 1 saturated carbocycles. The Bertz CT molecular complexity index is 466. The van der Waals surface area contributed by atoms with Gasteiger partial charge in [-0.3, -0.25) is 9.59 Å². The van der Waals surface area contributed by atoms with Crippen LogP contribution in [0.5, 0.6) is 0 Å². The van der Waals surface area contributed by atoms with Crippen LogP contribution in [0.2, 0.25) is 0 Å². The molecule has 0 radical (unpaired) electrons. The fraction of sp³-hybridized carbons (Fsp3) is 0.429. The Hall–Kier alpha value is -2.04. The lowest BCUT2D eigenvalue weighted by Gasteiger charge is -2.21. The van der Waals surface area contributed by atoms with E-state index < -0.39 is 5.91 Å². The summed E-state index contributed by atoms with van der Waals surface area (Å²) in [7, 11) is 0. The molecule has 0 aliphatic heterocycles. The molecule has 2 amide bonds. The summed E-state index contributed by atoms with van der Waals surface area (Å²) in [6.45, 7) is 0.366. The van der Waals surface area contributed by atoms with Crippen LogP contribution < -0.4 is 11.5 Å². The van der Waals surface area contributed by atoms with Gasteiger partial charge in [0.2, 0.25) is 11.8 Å². The molecule has 4 N–H and O–H groups in total. The van der Waals surface area contributed by atoms with Gasteiger partial charge in [-0.15, -0.1) is 0 Å². The first-order valence-electron chi connectivity index (χ1n) is 6.45. The van der Waals surface area contributed by atoms with E-state index >= 15 is 0 Å². The normalized spacial score (nSPS) is 14.1. The highest BCUT2D eigenvalue weighted by Crippen LogP contribution is 2.33. The summed E-state index contributed by atoms with van der Waals surface area (Å²) in [5.41, 5.74) is 12.4. The number of primary amides is 1. The Kier molecular flexibility index (Phi) is 4.04. The van der Waals surface area contributed by atoms with Crippen LogP contribution >= 0.6 is 0 Å². The summed E-state index contributed by atoms with van der Waals surface area (Å²) < 4.78 is 0. The Morgan fingerprint density at radius 3 is 2.37 bits per heavy atom. The van der Waals surface area contributed by atoms with Gasteiger partial charge < -0.3 is 16.4 Å². The van der Waals surface area contributed by atoms with Gasteiger partial charge in [0, 0.05) is 18.7 Å². The Morgan fingerprint density at radius 2 is 1.84 bits per heavy atom. The van der Waals surface area contributed by atoms with Crippen LogP contribution in [0, 0.1) is 5.92 Å². The van der Waals surface area contributed by atoms with E-state index in [0.29, 0.717) is 24.6 Å². The largest absolute Gasteiger partial charge is 0.399 e. The molecular formula is C14H19N3O2. The lowest BCUT2D eigenvalue weighted by molar-refractivity contribution is -0.136. The molecule has 1 aliphatic carbocycles. The number of hydrogen-bond donors (Lipinski definition) is 2. The first kappa shape index (κ1) is 13.4.